The molecule has 0 saturated carbocycles. The molecule has 1 aliphatic heterocycles. The molecule has 0 aromatic carbocycles. The van der Waals surface area contributed by atoms with Gasteiger partial charge >= 0.3 is 5.97 Å². The summed E-state index contributed by atoms with van der Waals surface area (Å²) in [4.78, 5) is 25.0. The van der Waals surface area contributed by atoms with Crippen LogP contribution in [0.4, 0.5) is 0 Å². The molecule has 7 unspecified atom stereocenters. The average molecular weight is 995 g/mol. The summed E-state index contributed by atoms with van der Waals surface area (Å²) in [5.41, 5.74) is 0. The van der Waals surface area contributed by atoms with Crippen molar-refractivity contribution in [3.63, 3.8) is 0 Å². The SMILES string of the molecule is CCCCCCC/C=C\CCCCCCCC(=O)OCCCCCCCCCCCCCCCCCCCCCC(=O)NC(COC1OC(CO)C(O)C(O)C1O)C(O)/C=C/CCCCCCCCC. The van der Waals surface area contributed by atoms with Crippen molar-refractivity contribution in [2.24, 2.45) is 0 Å². The highest BCUT2D eigenvalue weighted by Gasteiger charge is 2.44. The van der Waals surface area contributed by atoms with Crippen molar-refractivity contribution in [2.75, 3.05) is 19.8 Å². The Morgan fingerprint density at radius 1 is 0.514 bits per heavy atom. The van der Waals surface area contributed by atoms with Gasteiger partial charge in [0.15, 0.2) is 6.29 Å². The molecule has 0 aliphatic carbocycles. The lowest BCUT2D eigenvalue weighted by atomic mass is 9.99. The van der Waals surface area contributed by atoms with E-state index in [4.69, 9.17) is 14.2 Å². The van der Waals surface area contributed by atoms with Gasteiger partial charge in [-0.2, -0.15) is 0 Å². The summed E-state index contributed by atoms with van der Waals surface area (Å²) in [7, 11) is 0. The molecule has 1 amide bonds. The van der Waals surface area contributed by atoms with Gasteiger partial charge in [-0.05, 0) is 57.8 Å². The Balaban J connectivity index is 2.02. The lowest BCUT2D eigenvalue weighted by Crippen LogP contribution is -2.60. The van der Waals surface area contributed by atoms with Crippen LogP contribution in [0.25, 0.3) is 0 Å². The molecule has 11 nitrogen and oxygen atoms in total. The minimum Gasteiger partial charge on any atom is -0.466 e. The van der Waals surface area contributed by atoms with Gasteiger partial charge in [0, 0.05) is 12.8 Å². The molecule has 0 aromatic rings. The summed E-state index contributed by atoms with van der Waals surface area (Å²) < 4.78 is 16.7. The number of aliphatic hydroxyl groups is 5. The Morgan fingerprint density at radius 3 is 1.37 bits per heavy atom. The second-order valence-corrected chi connectivity index (χ2v) is 20.7. The van der Waals surface area contributed by atoms with Gasteiger partial charge in [0.1, 0.15) is 24.4 Å². The summed E-state index contributed by atoms with van der Waals surface area (Å²) in [5, 5.41) is 54.2. The number of aliphatic hydroxyl groups excluding tert-OH is 5. The second-order valence-electron chi connectivity index (χ2n) is 20.7. The van der Waals surface area contributed by atoms with Crippen LogP contribution < -0.4 is 5.32 Å². The number of carbonyl (C=O) groups excluding carboxylic acids is 2. The number of unbranched alkanes of at least 4 members (excludes halogenated alkanes) is 35. The van der Waals surface area contributed by atoms with Gasteiger partial charge in [-0.1, -0.05) is 231 Å². The number of hydrogen-bond acceptors (Lipinski definition) is 10. The van der Waals surface area contributed by atoms with Gasteiger partial charge in [-0.3, -0.25) is 9.59 Å². The number of amides is 1. The number of nitrogens with one attached hydrogen (secondary N) is 1. The maximum atomic E-state index is 13.0. The highest BCUT2D eigenvalue weighted by Crippen LogP contribution is 2.23. The van der Waals surface area contributed by atoms with E-state index in [1.165, 1.54) is 186 Å². The summed E-state index contributed by atoms with van der Waals surface area (Å²) in [6.07, 6.45) is 48.5. The van der Waals surface area contributed by atoms with E-state index < -0.39 is 49.5 Å². The molecule has 1 heterocycles. The molecule has 1 rings (SSSR count). The fraction of sp³-hybridized carbons (Fsp3) is 0.898. The molecule has 11 heteroatoms. The van der Waals surface area contributed by atoms with Crippen LogP contribution in [0.15, 0.2) is 24.3 Å². The van der Waals surface area contributed by atoms with Gasteiger partial charge in [-0.25, -0.2) is 0 Å². The summed E-state index contributed by atoms with van der Waals surface area (Å²) in [5.74, 6) is -0.201. The van der Waals surface area contributed by atoms with E-state index in [0.29, 0.717) is 19.4 Å². The van der Waals surface area contributed by atoms with E-state index in [2.05, 4.69) is 31.3 Å². The number of esters is 1. The molecule has 0 radical (unpaired) electrons. The first-order chi connectivity index (χ1) is 34.2. The monoisotopic (exact) mass is 994 g/mol. The normalized spacial score (nSPS) is 19.3. The van der Waals surface area contributed by atoms with Gasteiger partial charge < -0.3 is 45.1 Å². The highest BCUT2D eigenvalue weighted by molar-refractivity contribution is 5.76. The molecule has 1 saturated heterocycles. The quantitative estimate of drug-likeness (QED) is 0.0195. The van der Waals surface area contributed by atoms with Crippen molar-refractivity contribution in [1.29, 1.82) is 0 Å². The average Bonchev–Trinajstić information content (AvgIpc) is 3.36. The molecule has 1 fully saturated rings. The van der Waals surface area contributed by atoms with Crippen molar-refractivity contribution in [3.8, 4) is 0 Å². The van der Waals surface area contributed by atoms with Crippen molar-refractivity contribution < 1.29 is 49.3 Å². The van der Waals surface area contributed by atoms with Crippen molar-refractivity contribution in [2.45, 2.75) is 320 Å². The molecule has 70 heavy (non-hydrogen) atoms. The maximum absolute atomic E-state index is 13.0. The first-order valence-electron chi connectivity index (χ1n) is 29.6. The second kappa shape index (κ2) is 49.4. The lowest BCUT2D eigenvalue weighted by Gasteiger charge is -2.40. The zero-order valence-electron chi connectivity index (χ0n) is 45.2. The molecule has 7 atom stereocenters. The third-order valence-electron chi connectivity index (χ3n) is 14.1. The minimum atomic E-state index is -1.57. The summed E-state index contributed by atoms with van der Waals surface area (Å²) >= 11 is 0. The minimum absolute atomic E-state index is 0.0144. The number of hydrogen-bond donors (Lipinski definition) is 6. The highest BCUT2D eigenvalue weighted by atomic mass is 16.7. The fourth-order valence-electron chi connectivity index (χ4n) is 9.31. The largest absolute Gasteiger partial charge is 0.466 e. The summed E-state index contributed by atoms with van der Waals surface area (Å²) in [6, 6.07) is -0.810. The van der Waals surface area contributed by atoms with Crippen molar-refractivity contribution >= 4 is 11.9 Å². The number of allylic oxidation sites excluding steroid dienone is 3. The van der Waals surface area contributed by atoms with E-state index in [9.17, 15) is 35.1 Å². The Kier molecular flexibility index (Phi) is 46.6. The van der Waals surface area contributed by atoms with Gasteiger partial charge in [0.25, 0.3) is 0 Å². The zero-order chi connectivity index (χ0) is 51.0. The van der Waals surface area contributed by atoms with E-state index in [-0.39, 0.29) is 18.5 Å². The first-order valence-corrected chi connectivity index (χ1v) is 29.6. The van der Waals surface area contributed by atoms with Gasteiger partial charge in [-0.15, -0.1) is 0 Å². The van der Waals surface area contributed by atoms with Crippen LogP contribution in [0, 0.1) is 0 Å². The summed E-state index contributed by atoms with van der Waals surface area (Å²) in [6.45, 7) is 4.30. The predicted molar refractivity (Wildman–Crippen MR) is 288 cm³/mol. The number of rotatable bonds is 51. The fourth-order valence-corrected chi connectivity index (χ4v) is 9.31. The van der Waals surface area contributed by atoms with Crippen LogP contribution >= 0.6 is 0 Å². The maximum Gasteiger partial charge on any atom is 0.305 e. The van der Waals surface area contributed by atoms with Crippen molar-refractivity contribution in [1.82, 2.24) is 5.32 Å². The van der Waals surface area contributed by atoms with Crippen LogP contribution in [-0.2, 0) is 23.8 Å². The lowest BCUT2D eigenvalue weighted by molar-refractivity contribution is -0.302. The molecule has 1 aliphatic rings. The van der Waals surface area contributed by atoms with Crippen molar-refractivity contribution in [3.05, 3.63) is 24.3 Å². The molecule has 6 N–H and O–H groups in total. The number of ether oxygens (including phenoxy) is 3. The Labute approximate surface area is 429 Å². The smallest absolute Gasteiger partial charge is 0.305 e. The third kappa shape index (κ3) is 38.7. The van der Waals surface area contributed by atoms with E-state index in [1.54, 1.807) is 6.08 Å². The third-order valence-corrected chi connectivity index (χ3v) is 14.1. The molecular formula is C59H111NO10. The number of carbonyl (C=O) groups is 2. The molecule has 0 bridgehead atoms. The van der Waals surface area contributed by atoms with Crippen LogP contribution in [0.5, 0.6) is 0 Å². The molecular weight excluding hydrogens is 883 g/mol. The van der Waals surface area contributed by atoms with E-state index in [0.717, 1.165) is 64.2 Å². The zero-order valence-corrected chi connectivity index (χ0v) is 45.2. The van der Waals surface area contributed by atoms with Crippen LogP contribution in [0.1, 0.15) is 277 Å². The van der Waals surface area contributed by atoms with Gasteiger partial charge in [0.05, 0.1) is 32.0 Å². The Bertz CT molecular complexity index is 1220. The molecule has 412 valence electrons. The Morgan fingerprint density at radius 2 is 0.914 bits per heavy atom. The molecule has 0 spiro atoms. The van der Waals surface area contributed by atoms with Gasteiger partial charge in [0.2, 0.25) is 5.91 Å². The standard InChI is InChI=1S/C59H111NO10/c1-3-5-7-9-11-13-14-15-24-27-31-35-39-43-47-55(64)68-48-44-40-36-32-28-25-22-20-18-16-17-19-21-23-26-30-34-38-42-46-54(63)60-51(52(62)45-41-37-33-29-12-10-8-6-4-2)50-69-59-58(67)57(66)56(65)53(49-61)70-59/h14-15,41,45,51-53,56-59,61-62,65-67H,3-13,16-40,42-44,46-50H2,1-2H3,(H,60,63)/b15-14-,45-41+. The van der Waals surface area contributed by atoms with Crippen LogP contribution in [0.2, 0.25) is 0 Å². The molecule has 0 aromatic heterocycles. The topological polar surface area (TPSA) is 175 Å². The van der Waals surface area contributed by atoms with Crippen LogP contribution in [0.3, 0.4) is 0 Å². The van der Waals surface area contributed by atoms with E-state index >= 15 is 0 Å². The Hall–Kier alpha value is -1.86. The first kappa shape index (κ1) is 66.2. The predicted octanol–water partition coefficient (Wildman–Crippen LogP) is 13.3. The van der Waals surface area contributed by atoms with Crippen LogP contribution in [-0.4, -0.2) is 100 Å². The van der Waals surface area contributed by atoms with E-state index in [1.807, 2.05) is 6.08 Å².